The highest BCUT2D eigenvalue weighted by Crippen LogP contribution is 2.28. The molecule has 6 heteroatoms. The number of thiazole rings is 2. The number of amides is 1. The fourth-order valence-corrected chi connectivity index (χ4v) is 5.37. The summed E-state index contributed by atoms with van der Waals surface area (Å²) in [6, 6.07) is 20.3. The lowest BCUT2D eigenvalue weighted by molar-refractivity contribution is 0.0997. The van der Waals surface area contributed by atoms with Crippen LogP contribution in [0.15, 0.2) is 65.7 Å². The molecule has 0 saturated carbocycles. The molecule has 4 nitrogen and oxygen atoms in total. The van der Waals surface area contributed by atoms with Gasteiger partial charge in [-0.1, -0.05) is 53.8 Å². The molecule has 2 aromatic heterocycles. The van der Waals surface area contributed by atoms with Crippen LogP contribution < -0.4 is 4.80 Å². The Morgan fingerprint density at radius 2 is 1.85 bits per heavy atom. The summed E-state index contributed by atoms with van der Waals surface area (Å²) in [6.07, 6.45) is 0. The second-order valence-corrected chi connectivity index (χ2v) is 8.18. The zero-order valence-electron chi connectivity index (χ0n) is 14.5. The van der Waals surface area contributed by atoms with E-state index in [1.165, 1.54) is 22.1 Å². The maximum Gasteiger partial charge on any atom is 0.308 e. The van der Waals surface area contributed by atoms with Gasteiger partial charge in [0.2, 0.25) is 0 Å². The highest BCUT2D eigenvalue weighted by molar-refractivity contribution is 7.20. The van der Waals surface area contributed by atoms with Crippen molar-refractivity contribution >= 4 is 59.8 Å². The van der Waals surface area contributed by atoms with Crippen LogP contribution in [-0.2, 0) is 6.54 Å². The summed E-state index contributed by atoms with van der Waals surface area (Å²) in [5, 5.41) is 2.82. The van der Waals surface area contributed by atoms with Gasteiger partial charge >= 0.3 is 5.91 Å². The fraction of sp³-hybridized carbons (Fsp3) is 0.0952. The summed E-state index contributed by atoms with van der Waals surface area (Å²) in [5.74, 6) is -0.283. The van der Waals surface area contributed by atoms with Gasteiger partial charge in [0.05, 0.1) is 20.4 Å². The van der Waals surface area contributed by atoms with Crippen LogP contribution in [-0.4, -0.2) is 15.5 Å². The molecule has 5 aromatic rings. The van der Waals surface area contributed by atoms with Crippen molar-refractivity contribution < 1.29 is 4.79 Å². The molecule has 0 aliphatic carbocycles. The summed E-state index contributed by atoms with van der Waals surface area (Å²) in [4.78, 5) is 22.4. The maximum atomic E-state index is 12.8. The van der Waals surface area contributed by atoms with Crippen molar-refractivity contribution in [3.05, 3.63) is 70.5 Å². The van der Waals surface area contributed by atoms with Gasteiger partial charge in [-0.2, -0.15) is 4.99 Å². The molecule has 0 bridgehead atoms. The number of carbonyl (C=O) groups excluding carboxylic acids is 1. The van der Waals surface area contributed by atoms with E-state index in [1.807, 2.05) is 36.4 Å². The lowest BCUT2D eigenvalue weighted by Crippen LogP contribution is -2.15. The summed E-state index contributed by atoms with van der Waals surface area (Å²) in [7, 11) is 0. The third-order valence-electron chi connectivity index (χ3n) is 4.56. The van der Waals surface area contributed by atoms with E-state index in [-0.39, 0.29) is 5.91 Å². The number of aryl methyl sites for hydroxylation is 1. The minimum absolute atomic E-state index is 0.283. The first-order valence-electron chi connectivity index (χ1n) is 8.70. The van der Waals surface area contributed by atoms with E-state index in [1.54, 1.807) is 11.3 Å². The van der Waals surface area contributed by atoms with Crippen molar-refractivity contribution in [2.45, 2.75) is 13.5 Å². The molecule has 132 valence electrons. The van der Waals surface area contributed by atoms with E-state index >= 15 is 0 Å². The molecule has 0 N–H and O–H groups in total. The van der Waals surface area contributed by atoms with Gasteiger partial charge < -0.3 is 4.57 Å². The average Bonchev–Trinajstić information content (AvgIpc) is 3.29. The van der Waals surface area contributed by atoms with Gasteiger partial charge in [0.25, 0.3) is 0 Å². The number of hydrogen-bond acceptors (Lipinski definition) is 4. The molecule has 0 radical (unpaired) electrons. The van der Waals surface area contributed by atoms with E-state index in [2.05, 4.69) is 45.7 Å². The van der Waals surface area contributed by atoms with Gasteiger partial charge in [0.15, 0.2) is 9.81 Å². The zero-order chi connectivity index (χ0) is 18.4. The molecule has 2 heterocycles. The van der Waals surface area contributed by atoms with Crippen molar-refractivity contribution in [2.24, 2.45) is 4.99 Å². The van der Waals surface area contributed by atoms with E-state index < -0.39 is 0 Å². The molecule has 0 spiro atoms. The number of rotatable bonds is 2. The number of fused-ring (bicyclic) bond motifs is 4. The summed E-state index contributed by atoms with van der Waals surface area (Å²) in [5.41, 5.74) is 1.95. The van der Waals surface area contributed by atoms with Crippen LogP contribution in [0.4, 0.5) is 0 Å². The Kier molecular flexibility index (Phi) is 3.88. The smallest absolute Gasteiger partial charge is 0.308 e. The van der Waals surface area contributed by atoms with Crippen LogP contribution in [0.2, 0.25) is 0 Å². The summed E-state index contributed by atoms with van der Waals surface area (Å²) >= 11 is 2.95. The van der Waals surface area contributed by atoms with Gasteiger partial charge in [-0.05, 0) is 30.5 Å². The fourth-order valence-electron chi connectivity index (χ4n) is 3.29. The van der Waals surface area contributed by atoms with Gasteiger partial charge in [-0.3, -0.25) is 4.79 Å². The first-order chi connectivity index (χ1) is 13.2. The Labute approximate surface area is 163 Å². The highest BCUT2D eigenvalue weighted by Gasteiger charge is 2.13. The predicted octanol–water partition coefficient (Wildman–Crippen LogP) is 5.23. The van der Waals surface area contributed by atoms with Gasteiger partial charge in [-0.15, -0.1) is 11.3 Å². The third kappa shape index (κ3) is 2.69. The van der Waals surface area contributed by atoms with E-state index in [0.29, 0.717) is 9.81 Å². The van der Waals surface area contributed by atoms with Crippen molar-refractivity contribution in [3.8, 4) is 0 Å². The van der Waals surface area contributed by atoms with Crippen LogP contribution in [0, 0.1) is 0 Å². The van der Waals surface area contributed by atoms with Crippen LogP contribution >= 0.6 is 22.7 Å². The second kappa shape index (κ2) is 6.40. The lowest BCUT2D eigenvalue weighted by atomic mass is 10.1. The Bertz CT molecular complexity index is 1360. The SMILES string of the molecule is CCn1c(=NC(=O)c2nc3ccccc3s2)sc2c3ccccc3ccc21. The van der Waals surface area contributed by atoms with Crippen LogP contribution in [0.5, 0.6) is 0 Å². The molecule has 5 rings (SSSR count). The van der Waals surface area contributed by atoms with Crippen molar-refractivity contribution in [1.82, 2.24) is 9.55 Å². The first kappa shape index (κ1) is 16.4. The molecule has 3 aromatic carbocycles. The first-order valence-corrected chi connectivity index (χ1v) is 10.3. The Morgan fingerprint density at radius 1 is 1.04 bits per heavy atom. The topological polar surface area (TPSA) is 47.2 Å². The molecule has 0 aliphatic heterocycles. The quantitative estimate of drug-likeness (QED) is 0.415. The third-order valence-corrected chi connectivity index (χ3v) is 6.72. The molecule has 0 saturated heterocycles. The average molecular weight is 390 g/mol. The van der Waals surface area contributed by atoms with Gasteiger partial charge in [-0.25, -0.2) is 4.98 Å². The van der Waals surface area contributed by atoms with Crippen LogP contribution in [0.1, 0.15) is 16.7 Å². The standard InChI is InChI=1S/C21H15N3OS2/c1-2-24-16-12-11-13-7-3-4-8-14(13)18(16)27-21(24)23-19(25)20-22-15-9-5-6-10-17(15)26-20/h3-12H,2H2,1H3. The molecular weight excluding hydrogens is 374 g/mol. The second-order valence-electron chi connectivity index (χ2n) is 6.17. The molecule has 0 atom stereocenters. The number of nitrogens with zero attached hydrogens (tertiary/aromatic N) is 3. The zero-order valence-corrected chi connectivity index (χ0v) is 16.2. The number of carbonyl (C=O) groups is 1. The highest BCUT2D eigenvalue weighted by atomic mass is 32.1. The van der Waals surface area contributed by atoms with E-state index in [9.17, 15) is 4.79 Å². The largest absolute Gasteiger partial charge is 0.317 e. The number of benzene rings is 3. The number of hydrogen-bond donors (Lipinski definition) is 0. The van der Waals surface area contributed by atoms with E-state index in [0.717, 1.165) is 27.0 Å². The predicted molar refractivity (Wildman–Crippen MR) is 113 cm³/mol. The number of para-hydroxylation sites is 1. The molecule has 0 fully saturated rings. The van der Waals surface area contributed by atoms with E-state index in [4.69, 9.17) is 0 Å². The minimum atomic E-state index is -0.283. The molecule has 1 amide bonds. The Morgan fingerprint density at radius 3 is 2.70 bits per heavy atom. The molecule has 27 heavy (non-hydrogen) atoms. The monoisotopic (exact) mass is 389 g/mol. The van der Waals surface area contributed by atoms with Gasteiger partial charge in [0, 0.05) is 11.9 Å². The Hall–Kier alpha value is -2.83. The van der Waals surface area contributed by atoms with Crippen molar-refractivity contribution in [1.29, 1.82) is 0 Å². The van der Waals surface area contributed by atoms with Crippen molar-refractivity contribution in [2.75, 3.05) is 0 Å². The van der Waals surface area contributed by atoms with Crippen molar-refractivity contribution in [3.63, 3.8) is 0 Å². The lowest BCUT2D eigenvalue weighted by Gasteiger charge is -2.02. The minimum Gasteiger partial charge on any atom is -0.317 e. The number of aromatic nitrogens is 2. The molecule has 0 aliphatic rings. The Balaban J connectivity index is 1.71. The summed E-state index contributed by atoms with van der Waals surface area (Å²) < 4.78 is 4.25. The van der Waals surface area contributed by atoms with Crippen LogP contribution in [0.25, 0.3) is 31.2 Å². The normalized spacial score (nSPS) is 12.4. The molecular formula is C21H15N3OS2. The van der Waals surface area contributed by atoms with Crippen LogP contribution in [0.3, 0.4) is 0 Å². The maximum absolute atomic E-state index is 12.8. The summed E-state index contributed by atoms with van der Waals surface area (Å²) in [6.45, 7) is 2.83. The van der Waals surface area contributed by atoms with Gasteiger partial charge in [0.1, 0.15) is 0 Å². The molecule has 0 unspecified atom stereocenters.